The van der Waals surface area contributed by atoms with Crippen LogP contribution in [0.4, 0.5) is 0 Å². The third-order valence-corrected chi connectivity index (χ3v) is 3.33. The second-order valence-corrected chi connectivity index (χ2v) is 4.74. The summed E-state index contributed by atoms with van der Waals surface area (Å²) in [6.07, 6.45) is 7.43. The third-order valence-electron chi connectivity index (χ3n) is 3.33. The van der Waals surface area contributed by atoms with Gasteiger partial charge >= 0.3 is 0 Å². The molecule has 0 aliphatic heterocycles. The summed E-state index contributed by atoms with van der Waals surface area (Å²) in [5, 5.41) is 9.59. The molecular formula is C15H24O. The first kappa shape index (κ1) is 13.1. The van der Waals surface area contributed by atoms with Gasteiger partial charge in [-0.3, -0.25) is 0 Å². The van der Waals surface area contributed by atoms with Crippen molar-refractivity contribution in [2.75, 3.05) is 0 Å². The van der Waals surface area contributed by atoms with Crippen molar-refractivity contribution in [3.8, 4) is 5.75 Å². The van der Waals surface area contributed by atoms with Crippen LogP contribution >= 0.6 is 0 Å². The Bertz CT molecular complexity index is 293. The Balaban J connectivity index is 2.14. The number of phenols is 1. The molecule has 1 atom stereocenters. The quantitative estimate of drug-likeness (QED) is 0.669. The molecule has 0 saturated heterocycles. The topological polar surface area (TPSA) is 20.2 Å². The minimum Gasteiger partial charge on any atom is -0.508 e. The second kappa shape index (κ2) is 7.32. The minimum absolute atomic E-state index is 0.449. The molecule has 1 aromatic rings. The highest BCUT2D eigenvalue weighted by molar-refractivity contribution is 5.31. The van der Waals surface area contributed by atoms with Gasteiger partial charge in [-0.05, 0) is 30.4 Å². The van der Waals surface area contributed by atoms with Gasteiger partial charge in [-0.1, -0.05) is 57.7 Å². The van der Waals surface area contributed by atoms with Crippen molar-refractivity contribution < 1.29 is 5.11 Å². The van der Waals surface area contributed by atoms with Crippen LogP contribution in [0.15, 0.2) is 24.3 Å². The molecule has 0 bridgehead atoms. The predicted octanol–water partition coefficient (Wildman–Crippen LogP) is 4.54. The summed E-state index contributed by atoms with van der Waals surface area (Å²) in [5.74, 6) is 1.31. The van der Waals surface area contributed by atoms with Gasteiger partial charge in [0.2, 0.25) is 0 Å². The molecule has 0 spiro atoms. The first-order valence-corrected chi connectivity index (χ1v) is 6.51. The Morgan fingerprint density at radius 2 is 1.88 bits per heavy atom. The summed E-state index contributed by atoms with van der Waals surface area (Å²) in [4.78, 5) is 0. The van der Waals surface area contributed by atoms with E-state index in [2.05, 4.69) is 13.8 Å². The van der Waals surface area contributed by atoms with Crippen molar-refractivity contribution in [1.29, 1.82) is 0 Å². The van der Waals surface area contributed by atoms with Crippen molar-refractivity contribution in [2.24, 2.45) is 5.92 Å². The molecule has 0 fully saturated rings. The second-order valence-electron chi connectivity index (χ2n) is 4.74. The lowest BCUT2D eigenvalue weighted by atomic mass is 9.99. The molecule has 0 saturated carbocycles. The van der Waals surface area contributed by atoms with Gasteiger partial charge in [0.1, 0.15) is 5.75 Å². The molecule has 16 heavy (non-hydrogen) atoms. The van der Waals surface area contributed by atoms with Crippen LogP contribution in [-0.2, 0) is 6.42 Å². The molecule has 1 N–H and O–H groups in total. The van der Waals surface area contributed by atoms with Crippen molar-refractivity contribution in [3.63, 3.8) is 0 Å². The van der Waals surface area contributed by atoms with E-state index in [4.69, 9.17) is 0 Å². The molecule has 1 aromatic carbocycles. The zero-order valence-electron chi connectivity index (χ0n) is 10.6. The molecule has 0 amide bonds. The number of aromatic hydroxyl groups is 1. The Hall–Kier alpha value is -0.980. The number of hydrogen-bond acceptors (Lipinski definition) is 1. The molecule has 1 heteroatoms. The van der Waals surface area contributed by atoms with Crippen molar-refractivity contribution in [3.05, 3.63) is 29.8 Å². The molecule has 0 aliphatic rings. The maximum atomic E-state index is 9.59. The highest BCUT2D eigenvalue weighted by atomic mass is 16.3. The zero-order chi connectivity index (χ0) is 11.8. The Morgan fingerprint density at radius 3 is 2.56 bits per heavy atom. The van der Waals surface area contributed by atoms with Crippen LogP contribution in [-0.4, -0.2) is 5.11 Å². The van der Waals surface area contributed by atoms with Gasteiger partial charge in [-0.15, -0.1) is 0 Å². The number of rotatable bonds is 7. The summed E-state index contributed by atoms with van der Waals surface area (Å²) in [7, 11) is 0. The summed E-state index contributed by atoms with van der Waals surface area (Å²) >= 11 is 0. The van der Waals surface area contributed by atoms with E-state index >= 15 is 0 Å². The van der Waals surface area contributed by atoms with E-state index in [0.717, 1.165) is 17.9 Å². The highest BCUT2D eigenvalue weighted by Gasteiger charge is 2.01. The largest absolute Gasteiger partial charge is 0.508 e. The molecule has 1 nitrogen and oxygen atoms in total. The molecule has 0 radical (unpaired) electrons. The van der Waals surface area contributed by atoms with E-state index < -0.39 is 0 Å². The number of hydrogen-bond donors (Lipinski definition) is 1. The number of benzene rings is 1. The summed E-state index contributed by atoms with van der Waals surface area (Å²) in [6, 6.07) is 7.66. The molecule has 1 rings (SSSR count). The van der Waals surface area contributed by atoms with Gasteiger partial charge in [0.25, 0.3) is 0 Å². The van der Waals surface area contributed by atoms with E-state index in [1.54, 1.807) is 6.07 Å². The normalized spacial score (nSPS) is 12.6. The first-order chi connectivity index (χ1) is 7.74. The van der Waals surface area contributed by atoms with Gasteiger partial charge in [0, 0.05) is 0 Å². The lowest BCUT2D eigenvalue weighted by molar-refractivity contribution is 0.461. The van der Waals surface area contributed by atoms with E-state index in [9.17, 15) is 5.11 Å². The minimum atomic E-state index is 0.449. The Labute approximate surface area is 99.5 Å². The average Bonchev–Trinajstić information content (AvgIpc) is 2.30. The fourth-order valence-corrected chi connectivity index (χ4v) is 1.91. The van der Waals surface area contributed by atoms with E-state index in [0.29, 0.717) is 5.75 Å². The summed E-state index contributed by atoms with van der Waals surface area (Å²) in [5.41, 5.74) is 1.09. The molecule has 1 unspecified atom stereocenters. The standard InChI is InChI=1S/C15H24O/c1-3-13(2)9-5-4-6-10-14-11-7-8-12-15(14)16/h7-8,11-13,16H,3-6,9-10H2,1-2H3. The van der Waals surface area contributed by atoms with Crippen LogP contribution in [0.25, 0.3) is 0 Å². The zero-order valence-corrected chi connectivity index (χ0v) is 10.6. The smallest absolute Gasteiger partial charge is 0.118 e. The maximum absolute atomic E-state index is 9.59. The van der Waals surface area contributed by atoms with Gasteiger partial charge in [0.15, 0.2) is 0 Å². The predicted molar refractivity (Wildman–Crippen MR) is 69.7 cm³/mol. The molecule has 0 aliphatic carbocycles. The third kappa shape index (κ3) is 4.69. The van der Waals surface area contributed by atoms with E-state index in [-0.39, 0.29) is 0 Å². The fourth-order valence-electron chi connectivity index (χ4n) is 1.91. The summed E-state index contributed by atoms with van der Waals surface area (Å²) in [6.45, 7) is 4.58. The lowest BCUT2D eigenvalue weighted by Gasteiger charge is -2.08. The van der Waals surface area contributed by atoms with Gasteiger partial charge < -0.3 is 5.11 Å². The van der Waals surface area contributed by atoms with Crippen LogP contribution in [0.3, 0.4) is 0 Å². The van der Waals surface area contributed by atoms with Crippen LogP contribution in [0, 0.1) is 5.92 Å². The van der Waals surface area contributed by atoms with Crippen LogP contribution < -0.4 is 0 Å². The Morgan fingerprint density at radius 1 is 1.12 bits per heavy atom. The van der Waals surface area contributed by atoms with E-state index in [1.807, 2.05) is 18.2 Å². The average molecular weight is 220 g/mol. The van der Waals surface area contributed by atoms with Crippen LogP contribution in [0.2, 0.25) is 0 Å². The highest BCUT2D eigenvalue weighted by Crippen LogP contribution is 2.19. The summed E-state index contributed by atoms with van der Waals surface area (Å²) < 4.78 is 0. The fraction of sp³-hybridized carbons (Fsp3) is 0.600. The Kier molecular flexibility index (Phi) is 5.99. The van der Waals surface area contributed by atoms with Crippen molar-refractivity contribution in [2.45, 2.75) is 52.4 Å². The number of aryl methyl sites for hydroxylation is 1. The SMILES string of the molecule is CCC(C)CCCCCc1ccccc1O. The maximum Gasteiger partial charge on any atom is 0.118 e. The number of unbranched alkanes of at least 4 members (excludes halogenated alkanes) is 2. The monoisotopic (exact) mass is 220 g/mol. The van der Waals surface area contributed by atoms with Crippen LogP contribution in [0.1, 0.15) is 51.5 Å². The first-order valence-electron chi connectivity index (χ1n) is 6.51. The van der Waals surface area contributed by atoms with E-state index in [1.165, 1.54) is 32.1 Å². The van der Waals surface area contributed by atoms with Crippen molar-refractivity contribution in [1.82, 2.24) is 0 Å². The van der Waals surface area contributed by atoms with Crippen molar-refractivity contribution >= 4 is 0 Å². The van der Waals surface area contributed by atoms with Gasteiger partial charge in [-0.25, -0.2) is 0 Å². The van der Waals surface area contributed by atoms with Gasteiger partial charge in [-0.2, -0.15) is 0 Å². The number of phenolic OH excluding ortho intramolecular Hbond substituents is 1. The molecule has 0 heterocycles. The van der Waals surface area contributed by atoms with Crippen LogP contribution in [0.5, 0.6) is 5.75 Å². The molecular weight excluding hydrogens is 196 g/mol. The number of para-hydroxylation sites is 1. The molecule has 90 valence electrons. The van der Waals surface area contributed by atoms with Gasteiger partial charge in [0.05, 0.1) is 0 Å². The molecule has 0 aromatic heterocycles. The lowest BCUT2D eigenvalue weighted by Crippen LogP contribution is -1.92.